The summed E-state index contributed by atoms with van der Waals surface area (Å²) in [6.07, 6.45) is 0.722. The molecule has 0 N–H and O–H groups in total. The molecule has 1 nitrogen and oxygen atoms in total. The highest BCUT2D eigenvalue weighted by molar-refractivity contribution is 6.93. The van der Waals surface area contributed by atoms with Crippen molar-refractivity contribution in [2.24, 2.45) is 0 Å². The maximum atomic E-state index is 5.32. The van der Waals surface area contributed by atoms with Crippen LogP contribution in [0.5, 0.6) is 0 Å². The molecule has 0 aromatic carbocycles. The maximum Gasteiger partial charge on any atom is 0.152 e. The summed E-state index contributed by atoms with van der Waals surface area (Å²) in [7, 11) is -1.67. The van der Waals surface area contributed by atoms with Crippen molar-refractivity contribution in [1.29, 1.82) is 0 Å². The van der Waals surface area contributed by atoms with Gasteiger partial charge in [-0.2, -0.15) is 0 Å². The van der Waals surface area contributed by atoms with Crippen LogP contribution in [0.25, 0.3) is 0 Å². The molecule has 0 aromatic heterocycles. The van der Waals surface area contributed by atoms with Crippen molar-refractivity contribution in [3.8, 4) is 0 Å². The van der Waals surface area contributed by atoms with Crippen LogP contribution in [0.4, 0.5) is 0 Å². The second-order valence-corrected chi connectivity index (χ2v) is 6.10. The van der Waals surface area contributed by atoms with Gasteiger partial charge in [0.1, 0.15) is 0 Å². The predicted octanol–water partition coefficient (Wildman–Crippen LogP) is 2.19. The fourth-order valence-electron chi connectivity index (χ4n) is 0.706. The molecule has 0 radical (unpaired) electrons. The van der Waals surface area contributed by atoms with Crippen LogP contribution in [0, 0.1) is 0 Å². The lowest BCUT2D eigenvalue weighted by molar-refractivity contribution is 0.190. The summed E-state index contributed by atoms with van der Waals surface area (Å²) in [5.74, 6) is 0. The van der Waals surface area contributed by atoms with Gasteiger partial charge >= 0.3 is 0 Å². The standard InChI is InChI=1S/C9H16OSi/c1-5-10-9-11(6-2,7-3)8-4/h6-8H,2-5,9H2,1H3. The zero-order valence-electron chi connectivity index (χ0n) is 7.18. The Labute approximate surface area is 70.1 Å². The number of hydrogen-bond donors (Lipinski definition) is 0. The van der Waals surface area contributed by atoms with E-state index in [1.54, 1.807) is 0 Å². The molecule has 0 rings (SSSR count). The van der Waals surface area contributed by atoms with Crippen LogP contribution >= 0.6 is 0 Å². The lowest BCUT2D eigenvalue weighted by Gasteiger charge is -2.18. The maximum absolute atomic E-state index is 5.32. The molecule has 0 aliphatic carbocycles. The third kappa shape index (κ3) is 2.86. The third-order valence-corrected chi connectivity index (χ3v) is 4.68. The Bertz CT molecular complexity index is 130. The Morgan fingerprint density at radius 3 is 1.91 bits per heavy atom. The topological polar surface area (TPSA) is 9.23 Å². The second kappa shape index (κ2) is 5.10. The summed E-state index contributed by atoms with van der Waals surface area (Å²) in [5, 5.41) is 0. The Morgan fingerprint density at radius 2 is 1.64 bits per heavy atom. The molecule has 0 fully saturated rings. The molecule has 11 heavy (non-hydrogen) atoms. The molecule has 0 aromatic rings. The lowest BCUT2D eigenvalue weighted by atomic mass is 10.9. The van der Waals surface area contributed by atoms with Crippen LogP contribution in [0.15, 0.2) is 36.8 Å². The van der Waals surface area contributed by atoms with Crippen LogP contribution in [-0.2, 0) is 4.74 Å². The first-order chi connectivity index (χ1) is 5.24. The van der Waals surface area contributed by atoms with E-state index < -0.39 is 8.07 Å². The first-order valence-electron chi connectivity index (χ1n) is 3.73. The van der Waals surface area contributed by atoms with Gasteiger partial charge in [-0.05, 0) is 6.92 Å². The molecule has 0 amide bonds. The molecule has 0 aliphatic heterocycles. The van der Waals surface area contributed by atoms with E-state index >= 15 is 0 Å². The highest BCUT2D eigenvalue weighted by Crippen LogP contribution is 2.07. The van der Waals surface area contributed by atoms with Gasteiger partial charge in [-0.1, -0.05) is 17.1 Å². The van der Waals surface area contributed by atoms with E-state index in [0.29, 0.717) is 0 Å². The normalized spacial score (nSPS) is 10.6. The van der Waals surface area contributed by atoms with E-state index in [1.807, 2.05) is 24.0 Å². The quantitative estimate of drug-likeness (QED) is 0.552. The van der Waals surface area contributed by atoms with Crippen molar-refractivity contribution in [2.75, 3.05) is 12.8 Å². The Hall–Kier alpha value is -0.603. The summed E-state index contributed by atoms with van der Waals surface area (Å²) in [4.78, 5) is 0. The summed E-state index contributed by atoms with van der Waals surface area (Å²) in [6, 6.07) is 0. The number of rotatable bonds is 6. The Morgan fingerprint density at radius 1 is 1.18 bits per heavy atom. The summed E-state index contributed by atoms with van der Waals surface area (Å²) < 4.78 is 5.32. The van der Waals surface area contributed by atoms with Gasteiger partial charge in [-0.25, -0.2) is 0 Å². The molecule has 0 bridgehead atoms. The molecule has 0 heterocycles. The van der Waals surface area contributed by atoms with Crippen molar-refractivity contribution in [2.45, 2.75) is 6.92 Å². The van der Waals surface area contributed by atoms with E-state index in [0.717, 1.165) is 12.8 Å². The SMILES string of the molecule is C=C[Si](C=C)(C=C)COCC. The van der Waals surface area contributed by atoms with Crippen molar-refractivity contribution < 1.29 is 4.74 Å². The molecule has 62 valence electrons. The zero-order chi connectivity index (χ0) is 8.74. The van der Waals surface area contributed by atoms with Crippen molar-refractivity contribution in [3.63, 3.8) is 0 Å². The monoisotopic (exact) mass is 168 g/mol. The Kier molecular flexibility index (Phi) is 4.82. The smallest absolute Gasteiger partial charge is 0.152 e. The molecule has 0 unspecified atom stereocenters. The number of hydrogen-bond acceptors (Lipinski definition) is 1. The van der Waals surface area contributed by atoms with Crippen LogP contribution in [0.2, 0.25) is 0 Å². The molecule has 0 spiro atoms. The molecule has 0 atom stereocenters. The van der Waals surface area contributed by atoms with Gasteiger partial charge in [0.2, 0.25) is 0 Å². The average molecular weight is 168 g/mol. The molecule has 0 aliphatic rings. The summed E-state index contributed by atoms with van der Waals surface area (Å²) >= 11 is 0. The fraction of sp³-hybridized carbons (Fsp3) is 0.333. The molecule has 0 saturated carbocycles. The summed E-state index contributed by atoms with van der Waals surface area (Å²) in [6.45, 7) is 14.0. The first-order valence-corrected chi connectivity index (χ1v) is 6.17. The van der Waals surface area contributed by atoms with Crippen LogP contribution < -0.4 is 0 Å². The molecular formula is C9H16OSi. The van der Waals surface area contributed by atoms with Gasteiger partial charge in [-0.15, -0.1) is 19.7 Å². The predicted molar refractivity (Wildman–Crippen MR) is 52.8 cm³/mol. The van der Waals surface area contributed by atoms with Crippen LogP contribution in [0.3, 0.4) is 0 Å². The minimum atomic E-state index is -1.67. The van der Waals surface area contributed by atoms with Crippen molar-refractivity contribution >= 4 is 8.07 Å². The minimum absolute atomic E-state index is 0.722. The highest BCUT2D eigenvalue weighted by Gasteiger charge is 2.21. The van der Waals surface area contributed by atoms with Gasteiger partial charge in [0.15, 0.2) is 8.07 Å². The average Bonchev–Trinajstić information content (AvgIpc) is 2.08. The molecular weight excluding hydrogens is 152 g/mol. The lowest BCUT2D eigenvalue weighted by Crippen LogP contribution is -2.34. The summed E-state index contributed by atoms with van der Waals surface area (Å²) in [5.41, 5.74) is 5.80. The fourth-order valence-corrected chi connectivity index (χ4v) is 2.12. The third-order valence-electron chi connectivity index (χ3n) is 1.70. The Balaban J connectivity index is 4.16. The van der Waals surface area contributed by atoms with E-state index in [-0.39, 0.29) is 0 Å². The minimum Gasteiger partial charge on any atom is -0.384 e. The van der Waals surface area contributed by atoms with E-state index in [2.05, 4.69) is 19.7 Å². The second-order valence-electron chi connectivity index (χ2n) is 2.36. The van der Waals surface area contributed by atoms with Gasteiger partial charge in [-0.3, -0.25) is 0 Å². The van der Waals surface area contributed by atoms with E-state index in [1.165, 1.54) is 0 Å². The van der Waals surface area contributed by atoms with Crippen LogP contribution in [0.1, 0.15) is 6.92 Å². The zero-order valence-corrected chi connectivity index (χ0v) is 8.18. The first kappa shape index (κ1) is 10.4. The largest absolute Gasteiger partial charge is 0.384 e. The molecule has 0 saturated heterocycles. The van der Waals surface area contributed by atoms with E-state index in [4.69, 9.17) is 4.74 Å². The molecule has 2 heteroatoms. The van der Waals surface area contributed by atoms with Gasteiger partial charge < -0.3 is 4.74 Å². The van der Waals surface area contributed by atoms with Gasteiger partial charge in [0, 0.05) is 6.61 Å². The van der Waals surface area contributed by atoms with E-state index in [9.17, 15) is 0 Å². The highest BCUT2D eigenvalue weighted by atomic mass is 28.3. The van der Waals surface area contributed by atoms with Crippen molar-refractivity contribution in [1.82, 2.24) is 0 Å². The number of ether oxygens (including phenoxy) is 1. The van der Waals surface area contributed by atoms with Crippen molar-refractivity contribution in [3.05, 3.63) is 36.8 Å². The van der Waals surface area contributed by atoms with Crippen LogP contribution in [-0.4, -0.2) is 20.9 Å². The van der Waals surface area contributed by atoms with Gasteiger partial charge in [0.25, 0.3) is 0 Å². The van der Waals surface area contributed by atoms with Gasteiger partial charge in [0.05, 0.1) is 6.23 Å².